The third-order valence-electron chi connectivity index (χ3n) is 7.90. The number of carbonyl (C=O) groups excluding carboxylic acids is 1. The molecule has 5 rings (SSSR count). The lowest BCUT2D eigenvalue weighted by Gasteiger charge is -2.24. The average Bonchev–Trinajstić information content (AvgIpc) is 3.46. The first kappa shape index (κ1) is 31.0. The highest BCUT2D eigenvalue weighted by molar-refractivity contribution is 5.80. The third kappa shape index (κ3) is 7.04. The Labute approximate surface area is 260 Å². The summed E-state index contributed by atoms with van der Waals surface area (Å²) in [6.45, 7) is 11.2. The van der Waals surface area contributed by atoms with Crippen LogP contribution in [0.25, 0.3) is 22.0 Å². The van der Waals surface area contributed by atoms with Gasteiger partial charge in [0.15, 0.2) is 11.5 Å². The molecule has 0 spiro atoms. The molecule has 0 radical (unpaired) electrons. The Morgan fingerprint density at radius 1 is 1.00 bits per heavy atom. The molecule has 1 aliphatic heterocycles. The van der Waals surface area contributed by atoms with Crippen LogP contribution < -0.4 is 19.7 Å². The van der Waals surface area contributed by atoms with Gasteiger partial charge in [0.25, 0.3) is 0 Å². The van der Waals surface area contributed by atoms with E-state index in [1.165, 1.54) is 5.56 Å². The molecule has 9 nitrogen and oxygen atoms in total. The Kier molecular flexibility index (Phi) is 9.22. The van der Waals surface area contributed by atoms with E-state index in [1.807, 2.05) is 58.0 Å². The van der Waals surface area contributed by atoms with Crippen molar-refractivity contribution in [3.05, 3.63) is 71.3 Å². The second kappa shape index (κ2) is 13.1. The number of pyridine rings is 1. The summed E-state index contributed by atoms with van der Waals surface area (Å²) < 4.78 is 16.7. The number of hydrogen-bond donors (Lipinski definition) is 1. The molecule has 1 saturated heterocycles. The summed E-state index contributed by atoms with van der Waals surface area (Å²) in [6, 6.07) is 16.3. The van der Waals surface area contributed by atoms with Gasteiger partial charge in [-0.25, -0.2) is 19.7 Å². The summed E-state index contributed by atoms with van der Waals surface area (Å²) in [6.07, 6.45) is 2.59. The molecule has 2 aromatic carbocycles. The fraction of sp³-hybridized carbons (Fsp3) is 0.429. The third-order valence-corrected chi connectivity index (χ3v) is 7.90. The number of para-hydroxylation sites is 1. The topological polar surface area (TPSA) is 98.7 Å². The number of fused-ring (bicyclic) bond motifs is 1. The maximum absolute atomic E-state index is 12.5. The van der Waals surface area contributed by atoms with Crippen LogP contribution in [-0.4, -0.2) is 60.0 Å². The van der Waals surface area contributed by atoms with E-state index in [0.29, 0.717) is 30.9 Å². The zero-order valence-corrected chi connectivity index (χ0v) is 26.9. The number of ether oxygens (including phenoxy) is 3. The molecule has 1 amide bonds. The van der Waals surface area contributed by atoms with Gasteiger partial charge in [-0.3, -0.25) is 0 Å². The fourth-order valence-corrected chi connectivity index (χ4v) is 5.83. The minimum atomic E-state index is -0.545. The van der Waals surface area contributed by atoms with Crippen LogP contribution in [-0.2, 0) is 24.0 Å². The Balaban J connectivity index is 1.49. The second-order valence-electron chi connectivity index (χ2n) is 12.2. The van der Waals surface area contributed by atoms with E-state index in [1.54, 1.807) is 14.2 Å². The number of carbonyl (C=O) groups is 1. The molecular weight excluding hydrogens is 554 g/mol. The van der Waals surface area contributed by atoms with Crippen LogP contribution in [0.5, 0.6) is 11.5 Å². The van der Waals surface area contributed by atoms with Gasteiger partial charge in [0.1, 0.15) is 17.2 Å². The normalized spacial score (nSPS) is 15.0. The molecule has 1 aliphatic rings. The van der Waals surface area contributed by atoms with Crippen LogP contribution in [0.15, 0.2) is 48.5 Å². The van der Waals surface area contributed by atoms with Crippen LogP contribution in [0.2, 0.25) is 0 Å². The maximum Gasteiger partial charge on any atom is 0.407 e. The van der Waals surface area contributed by atoms with Crippen molar-refractivity contribution >= 4 is 22.8 Å². The number of benzene rings is 2. The first-order valence-corrected chi connectivity index (χ1v) is 15.3. The molecular formula is C35H43N5O4. The summed E-state index contributed by atoms with van der Waals surface area (Å²) in [4.78, 5) is 29.6. The van der Waals surface area contributed by atoms with Crippen LogP contribution in [0.3, 0.4) is 0 Å². The van der Waals surface area contributed by atoms with E-state index in [-0.39, 0.29) is 6.04 Å². The van der Waals surface area contributed by atoms with Gasteiger partial charge in [0, 0.05) is 36.3 Å². The lowest BCUT2D eigenvalue weighted by molar-refractivity contribution is 0.0509. The number of alkyl carbamates (subject to hydrolysis) is 1. The Morgan fingerprint density at radius 2 is 1.77 bits per heavy atom. The minimum absolute atomic E-state index is 0.0283. The number of amides is 1. The SMILES string of the molecule is CCc1c(-c2ccc(OC)c(OC)c2)cc(N2CCC(NC(=O)OC(C)(C)C)C2)nc1CCc1nc(C)c2ccccc2n1. The molecule has 1 unspecified atom stereocenters. The van der Waals surface area contributed by atoms with Crippen LogP contribution in [0.4, 0.5) is 10.6 Å². The van der Waals surface area contributed by atoms with Crippen molar-refractivity contribution in [1.82, 2.24) is 20.3 Å². The smallest absolute Gasteiger partial charge is 0.407 e. The van der Waals surface area contributed by atoms with E-state index in [2.05, 4.69) is 35.3 Å². The fourth-order valence-electron chi connectivity index (χ4n) is 5.83. The predicted octanol–water partition coefficient (Wildman–Crippen LogP) is 6.47. The number of nitrogens with one attached hydrogen (secondary N) is 1. The molecule has 1 fully saturated rings. The first-order chi connectivity index (χ1) is 21.1. The largest absolute Gasteiger partial charge is 0.493 e. The number of anilines is 1. The molecule has 4 aromatic rings. The van der Waals surface area contributed by atoms with Crippen molar-refractivity contribution in [2.75, 3.05) is 32.2 Å². The molecule has 1 N–H and O–H groups in total. The van der Waals surface area contributed by atoms with Crippen LogP contribution in [0, 0.1) is 6.92 Å². The van der Waals surface area contributed by atoms with Gasteiger partial charge in [-0.2, -0.15) is 0 Å². The summed E-state index contributed by atoms with van der Waals surface area (Å²) in [5.74, 6) is 3.05. The van der Waals surface area contributed by atoms with Gasteiger partial charge in [0.05, 0.1) is 25.8 Å². The van der Waals surface area contributed by atoms with Crippen molar-refractivity contribution in [2.24, 2.45) is 0 Å². The lowest BCUT2D eigenvalue weighted by atomic mass is 9.94. The van der Waals surface area contributed by atoms with E-state index in [9.17, 15) is 4.79 Å². The number of methoxy groups -OCH3 is 2. The zero-order chi connectivity index (χ0) is 31.4. The monoisotopic (exact) mass is 597 g/mol. The van der Waals surface area contributed by atoms with Crippen molar-refractivity contribution in [3.8, 4) is 22.6 Å². The number of aryl methyl sites for hydroxylation is 3. The standard InChI is InChI=1S/C35H43N5O4/c1-8-25-27(23-13-15-30(42-6)31(19-23)43-7)20-33(40-18-17-24(21-40)37-34(41)44-35(3,4)5)39-29(25)14-16-32-36-22(2)26-11-9-10-12-28(26)38-32/h9-13,15,19-20,24H,8,14,16-18,21H2,1-7H3,(H,37,41). The molecule has 44 heavy (non-hydrogen) atoms. The molecule has 0 aliphatic carbocycles. The first-order valence-electron chi connectivity index (χ1n) is 15.3. The summed E-state index contributed by atoms with van der Waals surface area (Å²) in [5.41, 5.74) is 5.73. The average molecular weight is 598 g/mol. The van der Waals surface area contributed by atoms with E-state index < -0.39 is 11.7 Å². The zero-order valence-electron chi connectivity index (χ0n) is 26.9. The van der Waals surface area contributed by atoms with Crippen LogP contribution >= 0.6 is 0 Å². The van der Waals surface area contributed by atoms with Gasteiger partial charge >= 0.3 is 6.09 Å². The van der Waals surface area contributed by atoms with Crippen molar-refractivity contribution in [3.63, 3.8) is 0 Å². The molecule has 0 saturated carbocycles. The van der Waals surface area contributed by atoms with Crippen molar-refractivity contribution < 1.29 is 19.0 Å². The Hall–Kier alpha value is -4.40. The second-order valence-corrected chi connectivity index (χ2v) is 12.2. The number of nitrogens with zero attached hydrogens (tertiary/aromatic N) is 4. The van der Waals surface area contributed by atoms with Crippen molar-refractivity contribution in [2.45, 2.75) is 71.9 Å². The van der Waals surface area contributed by atoms with Gasteiger partial charge in [0.2, 0.25) is 0 Å². The molecule has 2 aromatic heterocycles. The highest BCUT2D eigenvalue weighted by atomic mass is 16.6. The van der Waals surface area contributed by atoms with E-state index in [4.69, 9.17) is 29.2 Å². The quantitative estimate of drug-likeness (QED) is 0.235. The van der Waals surface area contributed by atoms with Crippen molar-refractivity contribution in [1.29, 1.82) is 0 Å². The highest BCUT2D eigenvalue weighted by Crippen LogP contribution is 2.37. The van der Waals surface area contributed by atoms with E-state index >= 15 is 0 Å². The summed E-state index contributed by atoms with van der Waals surface area (Å²) in [5, 5.41) is 4.11. The molecule has 0 bridgehead atoms. The maximum atomic E-state index is 12.5. The van der Waals surface area contributed by atoms with Gasteiger partial charge in [-0.05, 0) is 87.9 Å². The number of hydrogen-bond acceptors (Lipinski definition) is 8. The molecule has 1 atom stereocenters. The van der Waals surface area contributed by atoms with Crippen LogP contribution in [0.1, 0.15) is 56.9 Å². The van der Waals surface area contributed by atoms with E-state index in [0.717, 1.165) is 64.4 Å². The van der Waals surface area contributed by atoms with Gasteiger partial charge in [-0.1, -0.05) is 31.2 Å². The highest BCUT2D eigenvalue weighted by Gasteiger charge is 2.28. The Bertz CT molecular complexity index is 1650. The molecule has 232 valence electrons. The molecule has 9 heteroatoms. The van der Waals surface area contributed by atoms with Gasteiger partial charge < -0.3 is 24.4 Å². The van der Waals surface area contributed by atoms with Gasteiger partial charge in [-0.15, -0.1) is 0 Å². The molecule has 3 heterocycles. The number of rotatable bonds is 9. The summed E-state index contributed by atoms with van der Waals surface area (Å²) >= 11 is 0. The minimum Gasteiger partial charge on any atom is -0.493 e. The Morgan fingerprint density at radius 3 is 2.50 bits per heavy atom. The number of aromatic nitrogens is 3. The lowest BCUT2D eigenvalue weighted by Crippen LogP contribution is -2.40. The summed E-state index contributed by atoms with van der Waals surface area (Å²) in [7, 11) is 3.29. The predicted molar refractivity (Wildman–Crippen MR) is 174 cm³/mol.